The monoisotopic (exact) mass is 684 g/mol. The van der Waals surface area contributed by atoms with E-state index in [1.807, 2.05) is 60.7 Å². The number of aromatic nitrogens is 3. The highest BCUT2D eigenvalue weighted by atomic mass is 32.1. The number of pyridine rings is 3. The van der Waals surface area contributed by atoms with Gasteiger partial charge in [0.05, 0.1) is 41.8 Å². The minimum Gasteiger partial charge on any atom is -0.494 e. The van der Waals surface area contributed by atoms with Gasteiger partial charge < -0.3 is 24.8 Å². The standard InChI is InChI=1S/C25H20N4O3S.2C2HF3O2/c1-32-21-20-22(33-23(21)24(30)28-14-16-8-4-6-12-26-16)18-10-2-3-11-19(18)29(25(20)31)15-17-9-5-7-13-27-17;2*3-2(4,5)1(6)7/h2-13H,14-15H2,1H3,(H,28,30);2*(H,6,7). The minimum atomic E-state index is -5.08. The van der Waals surface area contributed by atoms with Crippen molar-refractivity contribution in [3.05, 3.63) is 99.7 Å². The highest BCUT2D eigenvalue weighted by Crippen LogP contribution is 2.39. The molecule has 0 aliphatic heterocycles. The van der Waals surface area contributed by atoms with Gasteiger partial charge in [-0.25, -0.2) is 9.59 Å². The second kappa shape index (κ2) is 15.2. The van der Waals surface area contributed by atoms with Gasteiger partial charge in [-0.1, -0.05) is 30.3 Å². The molecule has 0 bridgehead atoms. The van der Waals surface area contributed by atoms with Crippen molar-refractivity contribution in [1.82, 2.24) is 19.9 Å². The molecule has 0 spiro atoms. The van der Waals surface area contributed by atoms with E-state index in [0.717, 1.165) is 27.0 Å². The lowest BCUT2D eigenvalue weighted by molar-refractivity contribution is -0.193. The van der Waals surface area contributed by atoms with Crippen molar-refractivity contribution >= 4 is 50.2 Å². The van der Waals surface area contributed by atoms with E-state index in [0.29, 0.717) is 22.6 Å². The number of ether oxygens (including phenoxy) is 1. The maximum atomic E-state index is 13.7. The highest BCUT2D eigenvalue weighted by molar-refractivity contribution is 7.22. The van der Waals surface area contributed by atoms with Crippen LogP contribution in [0.15, 0.2) is 77.9 Å². The highest BCUT2D eigenvalue weighted by Gasteiger charge is 2.39. The molecule has 0 unspecified atom stereocenters. The third kappa shape index (κ3) is 9.25. The van der Waals surface area contributed by atoms with Gasteiger partial charge in [0.15, 0.2) is 5.75 Å². The largest absolute Gasteiger partial charge is 0.494 e. The molecule has 0 fully saturated rings. The van der Waals surface area contributed by atoms with Crippen LogP contribution in [0.1, 0.15) is 21.1 Å². The number of hydrogen-bond donors (Lipinski definition) is 3. The van der Waals surface area contributed by atoms with Crippen molar-refractivity contribution in [2.24, 2.45) is 0 Å². The number of rotatable bonds is 6. The first-order valence-corrected chi connectivity index (χ1v) is 13.7. The molecular formula is C29H22F6N4O7S. The Kier molecular flexibility index (Phi) is 11.6. The number of hydrogen-bond acceptors (Lipinski definition) is 8. The molecule has 0 aliphatic carbocycles. The van der Waals surface area contributed by atoms with E-state index in [1.165, 1.54) is 18.4 Å². The number of alkyl halides is 6. The lowest BCUT2D eigenvalue weighted by atomic mass is 10.1. The first-order chi connectivity index (χ1) is 22.1. The van der Waals surface area contributed by atoms with Crippen molar-refractivity contribution in [1.29, 1.82) is 0 Å². The number of carboxylic acids is 2. The Balaban J connectivity index is 0.000000360. The number of carbonyl (C=O) groups excluding carboxylic acids is 1. The summed E-state index contributed by atoms with van der Waals surface area (Å²) in [5.41, 5.74) is 2.08. The first kappa shape index (κ1) is 36.0. The molecule has 3 N–H and O–H groups in total. The quantitative estimate of drug-likeness (QED) is 0.203. The van der Waals surface area contributed by atoms with Crippen LogP contribution in [-0.2, 0) is 22.7 Å². The van der Waals surface area contributed by atoms with E-state index in [2.05, 4.69) is 15.3 Å². The van der Waals surface area contributed by atoms with Crippen LogP contribution >= 0.6 is 11.3 Å². The summed E-state index contributed by atoms with van der Waals surface area (Å²) < 4.78 is 71.5. The summed E-state index contributed by atoms with van der Waals surface area (Å²) >= 11 is 1.26. The third-order valence-corrected chi connectivity index (χ3v) is 7.06. The number of nitrogens with one attached hydrogen (secondary N) is 1. The lowest BCUT2D eigenvalue weighted by Gasteiger charge is -2.11. The summed E-state index contributed by atoms with van der Waals surface area (Å²) in [6.07, 6.45) is -6.78. The predicted octanol–water partition coefficient (Wildman–Crippen LogP) is 5.26. The number of halogens is 6. The molecule has 248 valence electrons. The second-order valence-electron chi connectivity index (χ2n) is 9.01. The van der Waals surface area contributed by atoms with Gasteiger partial charge in [0, 0.05) is 17.8 Å². The van der Waals surface area contributed by atoms with Crippen LogP contribution in [0.2, 0.25) is 0 Å². The van der Waals surface area contributed by atoms with E-state index >= 15 is 0 Å². The molecule has 4 heterocycles. The topological polar surface area (TPSA) is 161 Å². The van der Waals surface area contributed by atoms with Crippen LogP contribution in [0.3, 0.4) is 0 Å². The van der Waals surface area contributed by atoms with E-state index in [4.69, 9.17) is 24.5 Å². The fraction of sp³-hybridized carbons (Fsp3) is 0.172. The average molecular weight is 685 g/mol. The molecule has 18 heteroatoms. The molecule has 0 saturated heterocycles. The Morgan fingerprint density at radius 1 is 0.851 bits per heavy atom. The molecule has 5 aromatic rings. The van der Waals surface area contributed by atoms with Crippen molar-refractivity contribution in [3.63, 3.8) is 0 Å². The number of fused-ring (bicyclic) bond motifs is 3. The summed E-state index contributed by atoms with van der Waals surface area (Å²) in [5, 5.41) is 18.4. The van der Waals surface area contributed by atoms with Crippen LogP contribution in [0.4, 0.5) is 26.3 Å². The van der Waals surface area contributed by atoms with Gasteiger partial charge in [-0.3, -0.25) is 19.6 Å². The molecule has 1 amide bonds. The summed E-state index contributed by atoms with van der Waals surface area (Å²) in [6, 6.07) is 18.8. The molecule has 47 heavy (non-hydrogen) atoms. The zero-order chi connectivity index (χ0) is 34.9. The molecule has 11 nitrogen and oxygen atoms in total. The van der Waals surface area contributed by atoms with Crippen LogP contribution in [0.25, 0.3) is 21.0 Å². The van der Waals surface area contributed by atoms with Crippen molar-refractivity contribution in [3.8, 4) is 5.75 Å². The number of para-hydroxylation sites is 1. The SMILES string of the molecule is COc1c(C(=O)NCc2ccccn2)sc2c1c(=O)n(Cc1ccccn1)c1ccccc21.O=C(O)C(F)(F)F.O=C(O)C(F)(F)F. The molecule has 5 rings (SSSR count). The summed E-state index contributed by atoms with van der Waals surface area (Å²) in [7, 11) is 1.48. The van der Waals surface area contributed by atoms with Crippen LogP contribution in [0, 0.1) is 0 Å². The Morgan fingerprint density at radius 3 is 1.85 bits per heavy atom. The van der Waals surface area contributed by atoms with Gasteiger partial charge in [0.1, 0.15) is 10.3 Å². The fourth-order valence-electron chi connectivity index (χ4n) is 3.85. The molecule has 1 aromatic carbocycles. The molecule has 0 aliphatic rings. The van der Waals surface area contributed by atoms with E-state index in [9.17, 15) is 35.9 Å². The van der Waals surface area contributed by atoms with Gasteiger partial charge in [-0.15, -0.1) is 11.3 Å². The van der Waals surface area contributed by atoms with Crippen molar-refractivity contribution in [2.75, 3.05) is 7.11 Å². The first-order valence-electron chi connectivity index (χ1n) is 12.9. The van der Waals surface area contributed by atoms with Crippen LogP contribution < -0.4 is 15.6 Å². The summed E-state index contributed by atoms with van der Waals surface area (Å²) in [5.74, 6) is -5.53. The van der Waals surface area contributed by atoms with Gasteiger partial charge in [0.25, 0.3) is 11.5 Å². The summed E-state index contributed by atoms with van der Waals surface area (Å²) in [6.45, 7) is 0.595. The molecule has 0 radical (unpaired) electrons. The lowest BCUT2D eigenvalue weighted by Crippen LogP contribution is -2.23. The van der Waals surface area contributed by atoms with Gasteiger partial charge in [-0.2, -0.15) is 26.3 Å². The number of carbonyl (C=O) groups is 3. The van der Waals surface area contributed by atoms with Crippen LogP contribution in [-0.4, -0.2) is 62.1 Å². The van der Waals surface area contributed by atoms with Gasteiger partial charge in [0.2, 0.25) is 0 Å². The van der Waals surface area contributed by atoms with E-state index in [1.54, 1.807) is 17.0 Å². The number of thiophene rings is 1. The number of carboxylic acid groups (broad SMARTS) is 2. The van der Waals surface area contributed by atoms with Gasteiger partial charge in [-0.05, 0) is 30.3 Å². The van der Waals surface area contributed by atoms with Crippen LogP contribution in [0.5, 0.6) is 5.75 Å². The zero-order valence-electron chi connectivity index (χ0n) is 23.8. The Morgan fingerprint density at radius 2 is 1.36 bits per heavy atom. The maximum Gasteiger partial charge on any atom is 0.490 e. The smallest absolute Gasteiger partial charge is 0.490 e. The molecule has 4 aromatic heterocycles. The van der Waals surface area contributed by atoms with Gasteiger partial charge >= 0.3 is 24.3 Å². The zero-order valence-corrected chi connectivity index (χ0v) is 24.6. The van der Waals surface area contributed by atoms with E-state index < -0.39 is 24.3 Å². The number of aliphatic carboxylic acids is 2. The Hall–Kier alpha value is -5.52. The Bertz CT molecular complexity index is 1910. The third-order valence-electron chi connectivity index (χ3n) is 5.86. The number of nitrogens with zero attached hydrogens (tertiary/aromatic N) is 3. The number of methoxy groups -OCH3 is 1. The number of amides is 1. The predicted molar refractivity (Wildman–Crippen MR) is 156 cm³/mol. The molecular weight excluding hydrogens is 662 g/mol. The van der Waals surface area contributed by atoms with Crippen molar-refractivity contribution in [2.45, 2.75) is 25.4 Å². The Labute approximate surface area is 263 Å². The average Bonchev–Trinajstić information content (AvgIpc) is 3.43. The summed E-state index contributed by atoms with van der Waals surface area (Å²) in [4.78, 5) is 53.5. The minimum absolute atomic E-state index is 0.216. The second-order valence-corrected chi connectivity index (χ2v) is 10.0. The fourth-order valence-corrected chi connectivity index (χ4v) is 5.07. The number of benzene rings is 1. The van der Waals surface area contributed by atoms with Crippen molar-refractivity contribution < 1.29 is 55.7 Å². The maximum absolute atomic E-state index is 13.7. The molecule has 0 saturated carbocycles. The molecule has 0 atom stereocenters. The van der Waals surface area contributed by atoms with E-state index in [-0.39, 0.29) is 18.0 Å². The normalized spacial score (nSPS) is 11.1.